The average molecular weight is 174 g/mol. The molecule has 1 rings (SSSR count). The Labute approximate surface area is 73.8 Å². The van der Waals surface area contributed by atoms with E-state index >= 15 is 0 Å². The lowest BCUT2D eigenvalue weighted by molar-refractivity contribution is 0.652. The number of nitrogens with one attached hydrogen (secondary N) is 1. The maximum absolute atomic E-state index is 5.52. The first kappa shape index (κ1) is 9.08. The Bertz CT molecular complexity index is 154. The van der Waals surface area contributed by atoms with Gasteiger partial charge in [0, 0.05) is 18.1 Å². The van der Waals surface area contributed by atoms with E-state index in [0.717, 1.165) is 18.5 Å². The fourth-order valence-corrected chi connectivity index (χ4v) is 1.36. The third-order valence-corrected chi connectivity index (χ3v) is 2.65. The second-order valence-corrected chi connectivity index (χ2v) is 3.57. The molecule has 2 atom stereocenters. The molecule has 1 saturated carbocycles. The predicted octanol–water partition coefficient (Wildman–Crippen LogP) is 2.52. The van der Waals surface area contributed by atoms with Crippen molar-refractivity contribution in [1.29, 1.82) is 0 Å². The number of hydrogen-bond donors (Lipinski definition) is 1. The molecule has 2 heteroatoms. The molecular formula is C9H16ClN. The molecule has 0 aromatic rings. The third kappa shape index (κ3) is 2.84. The summed E-state index contributed by atoms with van der Waals surface area (Å²) in [5, 5.41) is 3.46. The second kappa shape index (κ2) is 4.13. The van der Waals surface area contributed by atoms with Crippen molar-refractivity contribution < 1.29 is 0 Å². The first-order valence-electron chi connectivity index (χ1n) is 4.27. The molecule has 0 bridgehead atoms. The average Bonchev–Trinajstić information content (AvgIpc) is 2.78. The fraction of sp³-hybridized carbons (Fsp3) is 0.778. The van der Waals surface area contributed by atoms with Gasteiger partial charge in [0.1, 0.15) is 0 Å². The molecule has 1 nitrogen and oxygen atoms in total. The van der Waals surface area contributed by atoms with Crippen LogP contribution in [0.25, 0.3) is 0 Å². The molecule has 1 fully saturated rings. The van der Waals surface area contributed by atoms with E-state index in [1.54, 1.807) is 5.54 Å². The van der Waals surface area contributed by atoms with Gasteiger partial charge in [-0.1, -0.05) is 24.9 Å². The molecule has 1 N–H and O–H groups in total. The van der Waals surface area contributed by atoms with Gasteiger partial charge in [-0.2, -0.15) is 0 Å². The van der Waals surface area contributed by atoms with Crippen LogP contribution >= 0.6 is 11.6 Å². The summed E-state index contributed by atoms with van der Waals surface area (Å²) in [6.45, 7) is 5.24. The maximum Gasteiger partial charge on any atom is 0.0176 e. The van der Waals surface area contributed by atoms with Gasteiger partial charge in [-0.15, -0.1) is 0 Å². The van der Waals surface area contributed by atoms with Crippen molar-refractivity contribution in [3.63, 3.8) is 0 Å². The normalized spacial score (nSPS) is 30.6. The minimum absolute atomic E-state index is 0.770. The molecule has 0 amide bonds. The highest BCUT2D eigenvalue weighted by Crippen LogP contribution is 2.32. The van der Waals surface area contributed by atoms with E-state index in [2.05, 4.69) is 12.2 Å². The standard InChI is InChI=1S/C9H16ClN/c1-3-8-4-9(8)11-6-7(2)5-10/h5,8-9,11H,3-4,6H2,1-2H3. The molecule has 0 aromatic carbocycles. The molecule has 0 radical (unpaired) electrons. The third-order valence-electron chi connectivity index (χ3n) is 2.28. The Hall–Kier alpha value is -0.0100. The van der Waals surface area contributed by atoms with Gasteiger partial charge in [0.05, 0.1) is 0 Å². The summed E-state index contributed by atoms with van der Waals surface area (Å²) in [5.74, 6) is 0.929. The largest absolute Gasteiger partial charge is 0.310 e. The summed E-state index contributed by atoms with van der Waals surface area (Å²) in [6.07, 6.45) is 2.66. The Balaban J connectivity index is 2.06. The quantitative estimate of drug-likeness (QED) is 0.689. The molecule has 0 saturated heterocycles. The molecule has 1 aliphatic rings. The van der Waals surface area contributed by atoms with Gasteiger partial charge in [0.15, 0.2) is 0 Å². The Morgan fingerprint density at radius 1 is 1.73 bits per heavy atom. The van der Waals surface area contributed by atoms with E-state index in [1.165, 1.54) is 18.4 Å². The van der Waals surface area contributed by atoms with Crippen LogP contribution < -0.4 is 5.32 Å². The van der Waals surface area contributed by atoms with Gasteiger partial charge in [0.2, 0.25) is 0 Å². The van der Waals surface area contributed by atoms with E-state index in [-0.39, 0.29) is 0 Å². The van der Waals surface area contributed by atoms with Crippen molar-refractivity contribution in [2.75, 3.05) is 6.54 Å². The van der Waals surface area contributed by atoms with Crippen molar-refractivity contribution in [1.82, 2.24) is 5.32 Å². The summed E-state index contributed by atoms with van der Waals surface area (Å²) in [5.41, 5.74) is 2.87. The SMILES string of the molecule is CCC1CC1NCC(C)=CCl. The Kier molecular flexibility index (Phi) is 3.41. The van der Waals surface area contributed by atoms with Crippen LogP contribution in [-0.2, 0) is 0 Å². The van der Waals surface area contributed by atoms with E-state index in [4.69, 9.17) is 11.6 Å². The van der Waals surface area contributed by atoms with E-state index in [0.29, 0.717) is 0 Å². The van der Waals surface area contributed by atoms with Crippen LogP contribution in [0.15, 0.2) is 11.1 Å². The van der Waals surface area contributed by atoms with Gasteiger partial charge in [-0.3, -0.25) is 0 Å². The van der Waals surface area contributed by atoms with Crippen molar-refractivity contribution in [2.45, 2.75) is 32.7 Å². The number of halogens is 1. The summed E-state index contributed by atoms with van der Waals surface area (Å²) < 4.78 is 0. The van der Waals surface area contributed by atoms with Crippen LogP contribution in [-0.4, -0.2) is 12.6 Å². The van der Waals surface area contributed by atoms with Gasteiger partial charge >= 0.3 is 0 Å². The zero-order valence-corrected chi connectivity index (χ0v) is 7.99. The van der Waals surface area contributed by atoms with Gasteiger partial charge < -0.3 is 5.32 Å². The zero-order valence-electron chi connectivity index (χ0n) is 7.23. The van der Waals surface area contributed by atoms with Crippen LogP contribution in [0, 0.1) is 5.92 Å². The molecule has 64 valence electrons. The molecule has 0 aromatic heterocycles. The lowest BCUT2D eigenvalue weighted by Gasteiger charge is -2.01. The Morgan fingerprint density at radius 2 is 2.45 bits per heavy atom. The van der Waals surface area contributed by atoms with Crippen LogP contribution in [0.5, 0.6) is 0 Å². The fourth-order valence-electron chi connectivity index (χ4n) is 1.28. The van der Waals surface area contributed by atoms with Crippen molar-refractivity contribution >= 4 is 11.6 Å². The molecule has 1 aliphatic carbocycles. The summed E-state index contributed by atoms with van der Waals surface area (Å²) in [7, 11) is 0. The lowest BCUT2D eigenvalue weighted by atomic mass is 10.3. The van der Waals surface area contributed by atoms with Gasteiger partial charge in [0.25, 0.3) is 0 Å². The summed E-state index contributed by atoms with van der Waals surface area (Å²) in [4.78, 5) is 0. The van der Waals surface area contributed by atoms with Crippen molar-refractivity contribution in [3.8, 4) is 0 Å². The molecule has 0 heterocycles. The van der Waals surface area contributed by atoms with Crippen LogP contribution in [0.1, 0.15) is 26.7 Å². The zero-order chi connectivity index (χ0) is 8.27. The minimum atomic E-state index is 0.770. The predicted molar refractivity (Wildman–Crippen MR) is 49.8 cm³/mol. The highest BCUT2D eigenvalue weighted by molar-refractivity contribution is 6.25. The first-order valence-corrected chi connectivity index (χ1v) is 4.70. The highest BCUT2D eigenvalue weighted by Gasteiger charge is 2.34. The second-order valence-electron chi connectivity index (χ2n) is 3.35. The van der Waals surface area contributed by atoms with Crippen molar-refractivity contribution in [2.24, 2.45) is 5.92 Å². The number of hydrogen-bond acceptors (Lipinski definition) is 1. The van der Waals surface area contributed by atoms with Crippen LogP contribution in [0.4, 0.5) is 0 Å². The summed E-state index contributed by atoms with van der Waals surface area (Å²) in [6, 6.07) is 0.770. The molecular weight excluding hydrogens is 158 g/mol. The van der Waals surface area contributed by atoms with Crippen molar-refractivity contribution in [3.05, 3.63) is 11.1 Å². The molecule has 0 spiro atoms. The highest BCUT2D eigenvalue weighted by atomic mass is 35.5. The molecule has 11 heavy (non-hydrogen) atoms. The Morgan fingerprint density at radius 3 is 2.91 bits per heavy atom. The topological polar surface area (TPSA) is 12.0 Å². The maximum atomic E-state index is 5.52. The minimum Gasteiger partial charge on any atom is -0.310 e. The number of rotatable bonds is 4. The smallest absolute Gasteiger partial charge is 0.0176 e. The monoisotopic (exact) mass is 173 g/mol. The molecule has 0 aliphatic heterocycles. The van der Waals surface area contributed by atoms with E-state index in [1.807, 2.05) is 6.92 Å². The van der Waals surface area contributed by atoms with Crippen LogP contribution in [0.2, 0.25) is 0 Å². The van der Waals surface area contributed by atoms with Gasteiger partial charge in [-0.05, 0) is 24.8 Å². The van der Waals surface area contributed by atoms with Crippen LogP contribution in [0.3, 0.4) is 0 Å². The molecule has 2 unspecified atom stereocenters. The van der Waals surface area contributed by atoms with Gasteiger partial charge in [-0.25, -0.2) is 0 Å². The van der Waals surface area contributed by atoms with E-state index < -0.39 is 0 Å². The lowest BCUT2D eigenvalue weighted by Crippen LogP contribution is -2.19. The first-order chi connectivity index (χ1) is 5.27. The van der Waals surface area contributed by atoms with E-state index in [9.17, 15) is 0 Å². The summed E-state index contributed by atoms with van der Waals surface area (Å²) >= 11 is 5.52.